The summed E-state index contributed by atoms with van der Waals surface area (Å²) in [5, 5.41) is 0.639. The summed E-state index contributed by atoms with van der Waals surface area (Å²) >= 11 is 0. The van der Waals surface area contributed by atoms with Gasteiger partial charge in [-0.15, -0.1) is 0 Å². The summed E-state index contributed by atoms with van der Waals surface area (Å²) in [7, 11) is 1.31. The van der Waals surface area contributed by atoms with Gasteiger partial charge in [0.15, 0.2) is 0 Å². The average Bonchev–Trinajstić information content (AvgIpc) is 2.29. The van der Waals surface area contributed by atoms with Crippen molar-refractivity contribution in [3.8, 4) is 11.1 Å². The van der Waals surface area contributed by atoms with Crippen molar-refractivity contribution in [1.29, 1.82) is 0 Å². The molecule has 0 aromatic heterocycles. The van der Waals surface area contributed by atoms with E-state index in [1.807, 2.05) is 12.1 Å². The van der Waals surface area contributed by atoms with Crippen molar-refractivity contribution in [1.82, 2.24) is 0 Å². The second kappa shape index (κ2) is 6.41. The van der Waals surface area contributed by atoms with Gasteiger partial charge in [-0.05, 0) is 11.1 Å². The van der Waals surface area contributed by atoms with Gasteiger partial charge in [0.05, 0.1) is 0 Å². The molecular formula is C16H22Si. The van der Waals surface area contributed by atoms with E-state index in [9.17, 15) is 0 Å². The van der Waals surface area contributed by atoms with Crippen molar-refractivity contribution in [3.05, 3.63) is 60.7 Å². The van der Waals surface area contributed by atoms with E-state index in [0.29, 0.717) is 5.04 Å². The van der Waals surface area contributed by atoms with Gasteiger partial charge >= 0.3 is 0 Å². The van der Waals surface area contributed by atoms with Crippen LogP contribution in [-0.2, 0) is 0 Å². The first kappa shape index (κ1) is 13.7. The zero-order valence-electron chi connectivity index (χ0n) is 11.3. The quantitative estimate of drug-likeness (QED) is 0.665. The molecule has 2 aromatic rings. The molecular weight excluding hydrogens is 220 g/mol. The fourth-order valence-electron chi connectivity index (χ4n) is 1.26. The van der Waals surface area contributed by atoms with Gasteiger partial charge in [-0.3, -0.25) is 0 Å². The lowest BCUT2D eigenvalue weighted by molar-refractivity contribution is 0.767. The average molecular weight is 242 g/mol. The number of benzene rings is 2. The molecule has 0 fully saturated rings. The molecule has 0 N–H and O–H groups in total. The summed E-state index contributed by atoms with van der Waals surface area (Å²) < 4.78 is 0. The Morgan fingerprint density at radius 3 is 1.12 bits per heavy atom. The third-order valence-electron chi connectivity index (χ3n) is 1.88. The predicted molar refractivity (Wildman–Crippen MR) is 81.5 cm³/mol. The van der Waals surface area contributed by atoms with E-state index >= 15 is 0 Å². The van der Waals surface area contributed by atoms with E-state index in [4.69, 9.17) is 0 Å². The van der Waals surface area contributed by atoms with Gasteiger partial charge in [0.2, 0.25) is 0 Å². The molecule has 90 valence electrons. The van der Waals surface area contributed by atoms with Gasteiger partial charge in [-0.1, -0.05) is 86.5 Å². The second-order valence-electron chi connectivity index (χ2n) is 5.73. The highest BCUT2D eigenvalue weighted by Crippen LogP contribution is 2.17. The van der Waals surface area contributed by atoms with Crippen molar-refractivity contribution in [3.63, 3.8) is 0 Å². The molecule has 0 amide bonds. The van der Waals surface area contributed by atoms with Crippen molar-refractivity contribution >= 4 is 10.2 Å². The molecule has 0 nitrogen and oxygen atoms in total. The molecule has 0 heterocycles. The Kier molecular flexibility index (Phi) is 5.17. The summed E-state index contributed by atoms with van der Waals surface area (Å²) in [6, 6.07) is 20.8. The number of hydrogen-bond donors (Lipinski definition) is 0. The topological polar surface area (TPSA) is 0 Å². The van der Waals surface area contributed by atoms with Crippen LogP contribution < -0.4 is 0 Å². The Hall–Kier alpha value is -1.34. The zero-order chi connectivity index (χ0) is 12.7. The van der Waals surface area contributed by atoms with Crippen LogP contribution in [0.2, 0.25) is 5.04 Å². The molecule has 2 aromatic carbocycles. The first-order valence-corrected chi connectivity index (χ1v) is 7.07. The van der Waals surface area contributed by atoms with Crippen molar-refractivity contribution in [2.45, 2.75) is 25.8 Å². The van der Waals surface area contributed by atoms with Gasteiger partial charge in [-0.2, -0.15) is 0 Å². The monoisotopic (exact) mass is 242 g/mol. The highest BCUT2D eigenvalue weighted by Gasteiger charge is 1.95. The van der Waals surface area contributed by atoms with Gasteiger partial charge in [0, 0.05) is 10.2 Å². The molecule has 0 saturated carbocycles. The van der Waals surface area contributed by atoms with E-state index < -0.39 is 0 Å². The van der Waals surface area contributed by atoms with Crippen LogP contribution in [0.5, 0.6) is 0 Å². The minimum atomic E-state index is 0.639. The van der Waals surface area contributed by atoms with Gasteiger partial charge in [0.25, 0.3) is 0 Å². The van der Waals surface area contributed by atoms with Crippen LogP contribution >= 0.6 is 0 Å². The largest absolute Gasteiger partial charge is 0.0635 e. The minimum absolute atomic E-state index is 0.639. The second-order valence-corrected chi connectivity index (χ2v) is 8.73. The Morgan fingerprint density at radius 1 is 0.647 bits per heavy atom. The molecule has 1 heteroatoms. The normalized spacial score (nSPS) is 10.5. The zero-order valence-corrected chi connectivity index (χ0v) is 13.3. The molecule has 0 spiro atoms. The molecule has 0 radical (unpaired) electrons. The van der Waals surface area contributed by atoms with Crippen molar-refractivity contribution < 1.29 is 0 Å². The lowest BCUT2D eigenvalue weighted by atomic mass is 10.1. The van der Waals surface area contributed by atoms with Crippen LogP contribution in [-0.4, -0.2) is 10.2 Å². The maximum absolute atomic E-state index is 2.25. The van der Waals surface area contributed by atoms with Gasteiger partial charge in [0.1, 0.15) is 0 Å². The molecule has 0 saturated heterocycles. The fraction of sp³-hybridized carbons (Fsp3) is 0.250. The van der Waals surface area contributed by atoms with Crippen molar-refractivity contribution in [2.24, 2.45) is 0 Å². The van der Waals surface area contributed by atoms with E-state index in [-0.39, 0.29) is 0 Å². The summed E-state index contributed by atoms with van der Waals surface area (Å²) in [5.41, 5.74) is 2.55. The van der Waals surface area contributed by atoms with Crippen LogP contribution in [0.25, 0.3) is 11.1 Å². The highest BCUT2D eigenvalue weighted by molar-refractivity contribution is 6.14. The lowest BCUT2D eigenvalue weighted by Gasteiger charge is -2.05. The fourth-order valence-corrected chi connectivity index (χ4v) is 1.26. The Labute approximate surface area is 108 Å². The molecule has 17 heavy (non-hydrogen) atoms. The Morgan fingerprint density at radius 2 is 0.882 bits per heavy atom. The molecule has 0 aliphatic heterocycles. The van der Waals surface area contributed by atoms with Crippen LogP contribution in [0.1, 0.15) is 20.8 Å². The lowest BCUT2D eigenvalue weighted by Crippen LogP contribution is -1.90. The molecule has 0 aliphatic carbocycles. The Balaban J connectivity index is 0.000000249. The molecule has 0 unspecified atom stereocenters. The highest BCUT2D eigenvalue weighted by atomic mass is 28.1. The molecule has 0 bridgehead atoms. The van der Waals surface area contributed by atoms with E-state index in [2.05, 4.69) is 69.3 Å². The first-order chi connectivity index (χ1) is 7.97. The maximum atomic E-state index is 2.25. The minimum Gasteiger partial charge on any atom is -0.0635 e. The maximum Gasteiger partial charge on any atom is 0.00959 e. The summed E-state index contributed by atoms with van der Waals surface area (Å²) in [4.78, 5) is 0. The van der Waals surface area contributed by atoms with E-state index in [1.54, 1.807) is 0 Å². The first-order valence-electron chi connectivity index (χ1n) is 6.07. The van der Waals surface area contributed by atoms with E-state index in [0.717, 1.165) is 0 Å². The van der Waals surface area contributed by atoms with Gasteiger partial charge in [-0.25, -0.2) is 0 Å². The van der Waals surface area contributed by atoms with Crippen molar-refractivity contribution in [2.75, 3.05) is 0 Å². The van der Waals surface area contributed by atoms with Crippen LogP contribution in [0, 0.1) is 0 Å². The molecule has 0 aliphatic rings. The third kappa shape index (κ3) is 6.75. The predicted octanol–water partition coefficient (Wildman–Crippen LogP) is 3.92. The van der Waals surface area contributed by atoms with E-state index in [1.165, 1.54) is 21.4 Å². The number of rotatable bonds is 1. The number of hydrogen-bond acceptors (Lipinski definition) is 0. The SMILES string of the molecule is CC(C)(C)[SiH3].c1ccc(-c2ccccc2)cc1. The summed E-state index contributed by atoms with van der Waals surface area (Å²) in [6.07, 6.45) is 0. The Bertz CT molecular complexity index is 369. The third-order valence-corrected chi connectivity index (χ3v) is 1.88. The van der Waals surface area contributed by atoms with Gasteiger partial charge < -0.3 is 0 Å². The molecule has 0 atom stereocenters. The van der Waals surface area contributed by atoms with Crippen LogP contribution in [0.3, 0.4) is 0 Å². The van der Waals surface area contributed by atoms with Crippen LogP contribution in [0.15, 0.2) is 60.7 Å². The van der Waals surface area contributed by atoms with Crippen LogP contribution in [0.4, 0.5) is 0 Å². The summed E-state index contributed by atoms with van der Waals surface area (Å²) in [5.74, 6) is 0. The molecule has 2 rings (SSSR count). The standard InChI is InChI=1S/C12H10.C4H12Si/c1-3-7-11(8-4-1)12-9-5-2-6-10-12;1-4(2,3)5/h1-10H;1-3,5H3. The summed E-state index contributed by atoms with van der Waals surface area (Å²) in [6.45, 7) is 6.75. The smallest absolute Gasteiger partial charge is 0.00959 e.